The van der Waals surface area contributed by atoms with Gasteiger partial charge in [0.05, 0.1) is 0 Å². The highest BCUT2D eigenvalue weighted by Gasteiger charge is 2.04. The van der Waals surface area contributed by atoms with Crippen LogP contribution in [0.5, 0.6) is 0 Å². The molecule has 3 N–H and O–H groups in total. The van der Waals surface area contributed by atoms with Crippen molar-refractivity contribution in [3.63, 3.8) is 0 Å². The van der Waals surface area contributed by atoms with Gasteiger partial charge in [-0.1, -0.05) is 24.3 Å². The van der Waals surface area contributed by atoms with Gasteiger partial charge in [-0.05, 0) is 18.6 Å². The van der Waals surface area contributed by atoms with Gasteiger partial charge in [0.2, 0.25) is 0 Å². The molecule has 2 aromatic rings. The maximum absolute atomic E-state index is 5.44. The van der Waals surface area contributed by atoms with Gasteiger partial charge in [0, 0.05) is 24.8 Å². The third kappa shape index (κ3) is 2.79. The zero-order chi connectivity index (χ0) is 12.1. The molecule has 1 heterocycles. The Labute approximate surface area is 101 Å². The molecule has 4 nitrogen and oxygen atoms in total. The number of benzene rings is 1. The van der Waals surface area contributed by atoms with Crippen LogP contribution in [0.4, 0.5) is 5.82 Å². The number of rotatable bonds is 4. The standard InChI is InChI=1S/C13H16N4/c1-10-4-2-3-5-11(10)13-16-8-6-12(17-13)15-9-7-14/h2-6,8H,7,9,14H2,1H3,(H,15,16,17). The largest absolute Gasteiger partial charge is 0.369 e. The van der Waals surface area contributed by atoms with Crippen molar-refractivity contribution in [2.45, 2.75) is 6.92 Å². The summed E-state index contributed by atoms with van der Waals surface area (Å²) in [5.74, 6) is 1.55. The minimum atomic E-state index is 0.587. The molecule has 0 amide bonds. The van der Waals surface area contributed by atoms with Crippen molar-refractivity contribution in [1.82, 2.24) is 9.97 Å². The zero-order valence-corrected chi connectivity index (χ0v) is 9.85. The maximum Gasteiger partial charge on any atom is 0.161 e. The number of nitrogens with one attached hydrogen (secondary N) is 1. The zero-order valence-electron chi connectivity index (χ0n) is 9.85. The summed E-state index contributed by atoms with van der Waals surface area (Å²) in [6, 6.07) is 9.93. The van der Waals surface area contributed by atoms with Gasteiger partial charge in [0.15, 0.2) is 5.82 Å². The van der Waals surface area contributed by atoms with Crippen molar-refractivity contribution in [2.75, 3.05) is 18.4 Å². The van der Waals surface area contributed by atoms with Gasteiger partial charge in [-0.3, -0.25) is 0 Å². The molecule has 0 aliphatic rings. The summed E-state index contributed by atoms with van der Waals surface area (Å²) in [6.45, 7) is 3.35. The SMILES string of the molecule is Cc1ccccc1-c1nccc(NCCN)n1. The summed E-state index contributed by atoms with van der Waals surface area (Å²) < 4.78 is 0. The molecule has 0 bridgehead atoms. The van der Waals surface area contributed by atoms with Crippen LogP contribution in [0.2, 0.25) is 0 Å². The Morgan fingerprint density at radius 1 is 1.24 bits per heavy atom. The number of hydrogen-bond donors (Lipinski definition) is 2. The van der Waals surface area contributed by atoms with E-state index in [0.29, 0.717) is 13.1 Å². The lowest BCUT2D eigenvalue weighted by Crippen LogP contribution is -2.14. The van der Waals surface area contributed by atoms with E-state index in [0.717, 1.165) is 17.2 Å². The average Bonchev–Trinajstić information content (AvgIpc) is 2.37. The first kappa shape index (κ1) is 11.5. The van der Waals surface area contributed by atoms with Gasteiger partial charge in [0.1, 0.15) is 5.82 Å². The topological polar surface area (TPSA) is 63.8 Å². The van der Waals surface area contributed by atoms with Gasteiger partial charge < -0.3 is 11.1 Å². The number of aryl methyl sites for hydroxylation is 1. The number of nitrogens with two attached hydrogens (primary N) is 1. The molecule has 1 aromatic carbocycles. The fourth-order valence-corrected chi connectivity index (χ4v) is 1.61. The van der Waals surface area contributed by atoms with Crippen LogP contribution >= 0.6 is 0 Å². The molecule has 2 rings (SSSR count). The Bertz CT molecular complexity index is 496. The average molecular weight is 228 g/mol. The minimum absolute atomic E-state index is 0.587. The first-order chi connectivity index (χ1) is 8.31. The molecular weight excluding hydrogens is 212 g/mol. The molecule has 0 aliphatic heterocycles. The van der Waals surface area contributed by atoms with Crippen LogP contribution in [0.15, 0.2) is 36.5 Å². The van der Waals surface area contributed by atoms with Crippen molar-refractivity contribution in [1.29, 1.82) is 0 Å². The van der Waals surface area contributed by atoms with E-state index in [2.05, 4.69) is 28.3 Å². The molecule has 0 aliphatic carbocycles. The smallest absolute Gasteiger partial charge is 0.161 e. The van der Waals surface area contributed by atoms with Crippen LogP contribution in [0, 0.1) is 6.92 Å². The number of anilines is 1. The maximum atomic E-state index is 5.44. The van der Waals surface area contributed by atoms with Crippen LogP contribution < -0.4 is 11.1 Å². The van der Waals surface area contributed by atoms with Crippen molar-refractivity contribution < 1.29 is 0 Å². The Kier molecular flexibility index (Phi) is 3.67. The van der Waals surface area contributed by atoms with E-state index in [-0.39, 0.29) is 0 Å². The first-order valence-electron chi connectivity index (χ1n) is 5.64. The van der Waals surface area contributed by atoms with Crippen LogP contribution in [0.25, 0.3) is 11.4 Å². The van der Waals surface area contributed by atoms with Crippen molar-refractivity contribution in [3.05, 3.63) is 42.1 Å². The molecule has 4 heteroatoms. The van der Waals surface area contributed by atoms with E-state index in [9.17, 15) is 0 Å². The summed E-state index contributed by atoms with van der Waals surface area (Å²) in [6.07, 6.45) is 1.76. The molecule has 88 valence electrons. The van der Waals surface area contributed by atoms with E-state index in [4.69, 9.17) is 5.73 Å². The highest BCUT2D eigenvalue weighted by molar-refractivity contribution is 5.61. The Hall–Kier alpha value is -1.94. The van der Waals surface area contributed by atoms with E-state index >= 15 is 0 Å². The van der Waals surface area contributed by atoms with Gasteiger partial charge in [-0.2, -0.15) is 0 Å². The Morgan fingerprint density at radius 2 is 2.06 bits per heavy atom. The highest BCUT2D eigenvalue weighted by Crippen LogP contribution is 2.19. The van der Waals surface area contributed by atoms with Crippen molar-refractivity contribution >= 4 is 5.82 Å². The summed E-state index contributed by atoms with van der Waals surface area (Å²) in [5, 5.41) is 3.15. The molecule has 0 saturated carbocycles. The lowest BCUT2D eigenvalue weighted by atomic mass is 10.1. The predicted molar refractivity (Wildman–Crippen MR) is 69.7 cm³/mol. The summed E-state index contributed by atoms with van der Waals surface area (Å²) in [4.78, 5) is 8.76. The number of aromatic nitrogens is 2. The van der Waals surface area contributed by atoms with Crippen LogP contribution in [0.3, 0.4) is 0 Å². The molecule has 1 aromatic heterocycles. The molecule has 0 saturated heterocycles. The Morgan fingerprint density at radius 3 is 2.82 bits per heavy atom. The highest BCUT2D eigenvalue weighted by atomic mass is 15.0. The third-order valence-electron chi connectivity index (χ3n) is 2.49. The normalized spacial score (nSPS) is 10.2. The predicted octanol–water partition coefficient (Wildman–Crippen LogP) is 1.82. The Balaban J connectivity index is 2.30. The number of hydrogen-bond acceptors (Lipinski definition) is 4. The van der Waals surface area contributed by atoms with E-state index < -0.39 is 0 Å². The second-order valence-corrected chi connectivity index (χ2v) is 3.80. The molecular formula is C13H16N4. The first-order valence-corrected chi connectivity index (χ1v) is 5.64. The second kappa shape index (κ2) is 5.41. The van der Waals surface area contributed by atoms with E-state index in [1.54, 1.807) is 6.20 Å². The molecule has 0 fully saturated rings. The van der Waals surface area contributed by atoms with Crippen molar-refractivity contribution in [3.8, 4) is 11.4 Å². The number of nitrogens with zero attached hydrogens (tertiary/aromatic N) is 2. The van der Waals surface area contributed by atoms with Gasteiger partial charge in [0.25, 0.3) is 0 Å². The van der Waals surface area contributed by atoms with Crippen LogP contribution in [-0.4, -0.2) is 23.1 Å². The lowest BCUT2D eigenvalue weighted by Gasteiger charge is -2.07. The molecule has 0 unspecified atom stereocenters. The summed E-state index contributed by atoms with van der Waals surface area (Å²) in [7, 11) is 0. The molecule has 0 atom stereocenters. The quantitative estimate of drug-likeness (QED) is 0.838. The fraction of sp³-hybridized carbons (Fsp3) is 0.231. The molecule has 17 heavy (non-hydrogen) atoms. The minimum Gasteiger partial charge on any atom is -0.369 e. The fourth-order valence-electron chi connectivity index (χ4n) is 1.61. The molecule has 0 radical (unpaired) electrons. The summed E-state index contributed by atoms with van der Waals surface area (Å²) >= 11 is 0. The van der Waals surface area contributed by atoms with Gasteiger partial charge in [-0.15, -0.1) is 0 Å². The summed E-state index contributed by atoms with van der Waals surface area (Å²) in [5.41, 5.74) is 7.67. The monoisotopic (exact) mass is 228 g/mol. The molecule has 0 spiro atoms. The third-order valence-corrected chi connectivity index (χ3v) is 2.49. The second-order valence-electron chi connectivity index (χ2n) is 3.80. The van der Waals surface area contributed by atoms with Crippen LogP contribution in [-0.2, 0) is 0 Å². The van der Waals surface area contributed by atoms with Gasteiger partial charge >= 0.3 is 0 Å². The lowest BCUT2D eigenvalue weighted by molar-refractivity contribution is 1.01. The van der Waals surface area contributed by atoms with E-state index in [1.165, 1.54) is 5.56 Å². The van der Waals surface area contributed by atoms with Gasteiger partial charge in [-0.25, -0.2) is 9.97 Å². The van der Waals surface area contributed by atoms with Crippen LogP contribution in [0.1, 0.15) is 5.56 Å². The van der Waals surface area contributed by atoms with E-state index in [1.807, 2.05) is 24.3 Å². The van der Waals surface area contributed by atoms with Crippen molar-refractivity contribution in [2.24, 2.45) is 5.73 Å².